The Morgan fingerprint density at radius 1 is 1.12 bits per heavy atom. The van der Waals surface area contributed by atoms with Gasteiger partial charge in [-0.25, -0.2) is 8.78 Å². The lowest BCUT2D eigenvalue weighted by Crippen LogP contribution is -2.27. The van der Waals surface area contributed by atoms with Crippen molar-refractivity contribution in [1.82, 2.24) is 4.90 Å². The highest BCUT2D eigenvalue weighted by atomic mass is 19.1. The summed E-state index contributed by atoms with van der Waals surface area (Å²) in [6, 6.07) is 5.02. The number of oxime groups is 1. The molecule has 0 unspecified atom stereocenters. The Labute approximate surface area is 142 Å². The summed E-state index contributed by atoms with van der Waals surface area (Å²) in [6.07, 6.45) is 0.689. The highest BCUT2D eigenvalue weighted by Gasteiger charge is 2.33. The highest BCUT2D eigenvalue weighted by molar-refractivity contribution is 6.54. The molecule has 0 aromatic heterocycles. The molecule has 0 spiro atoms. The molecule has 1 amide bonds. The monoisotopic (exact) mass is 343 g/mol. The second-order valence-corrected chi connectivity index (χ2v) is 6.35. The fraction of sp³-hybridized carbons (Fsp3) is 0.222. The number of carbonyl (C=O) groups excluding carboxylic acids is 1. The Hall–Kier alpha value is -2.80. The third-order valence-electron chi connectivity index (χ3n) is 4.70. The number of anilines is 1. The molecule has 0 bridgehead atoms. The number of halogens is 2. The molecule has 2 aliphatic heterocycles. The number of hydrogen-bond donors (Lipinski definition) is 2. The molecule has 0 saturated carbocycles. The van der Waals surface area contributed by atoms with Crippen LogP contribution in [-0.2, 0) is 17.8 Å². The fourth-order valence-electron chi connectivity index (χ4n) is 3.58. The lowest BCUT2D eigenvalue weighted by Gasteiger charge is -2.29. The van der Waals surface area contributed by atoms with Gasteiger partial charge < -0.3 is 15.4 Å². The average molecular weight is 343 g/mol. The van der Waals surface area contributed by atoms with Gasteiger partial charge in [0, 0.05) is 24.7 Å². The maximum Gasteiger partial charge on any atom is 0.278 e. The largest absolute Gasteiger partial charge is 0.410 e. The first-order valence-corrected chi connectivity index (χ1v) is 7.85. The van der Waals surface area contributed by atoms with Crippen LogP contribution in [0.25, 0.3) is 11.1 Å². The van der Waals surface area contributed by atoms with Crippen LogP contribution in [0.4, 0.5) is 14.5 Å². The van der Waals surface area contributed by atoms with Crippen molar-refractivity contribution in [3.63, 3.8) is 0 Å². The van der Waals surface area contributed by atoms with Crippen LogP contribution in [0.1, 0.15) is 16.7 Å². The van der Waals surface area contributed by atoms with E-state index < -0.39 is 17.5 Å². The van der Waals surface area contributed by atoms with Crippen molar-refractivity contribution < 1.29 is 18.8 Å². The van der Waals surface area contributed by atoms with Gasteiger partial charge in [0.2, 0.25) is 0 Å². The molecule has 2 aromatic rings. The molecule has 0 aliphatic carbocycles. The Kier molecular flexibility index (Phi) is 3.54. The average Bonchev–Trinajstić information content (AvgIpc) is 2.88. The third-order valence-corrected chi connectivity index (χ3v) is 4.70. The van der Waals surface area contributed by atoms with Crippen LogP contribution in [0.3, 0.4) is 0 Å². The van der Waals surface area contributed by atoms with E-state index >= 15 is 0 Å². The van der Waals surface area contributed by atoms with Crippen molar-refractivity contribution in [3.8, 4) is 11.1 Å². The van der Waals surface area contributed by atoms with Crippen LogP contribution in [0.15, 0.2) is 29.4 Å². The van der Waals surface area contributed by atoms with Gasteiger partial charge in [-0.3, -0.25) is 4.79 Å². The van der Waals surface area contributed by atoms with Crippen molar-refractivity contribution in [2.24, 2.45) is 5.16 Å². The summed E-state index contributed by atoms with van der Waals surface area (Å²) in [7, 11) is 1.96. The minimum atomic E-state index is -0.664. The van der Waals surface area contributed by atoms with E-state index in [1.165, 1.54) is 12.1 Å². The molecule has 2 heterocycles. The summed E-state index contributed by atoms with van der Waals surface area (Å²) in [5.74, 6) is -1.82. The fourth-order valence-corrected chi connectivity index (χ4v) is 3.58. The molecule has 0 atom stereocenters. The molecule has 2 aliphatic rings. The molecule has 2 N–H and O–H groups in total. The van der Waals surface area contributed by atoms with Gasteiger partial charge in [0.15, 0.2) is 5.71 Å². The Morgan fingerprint density at radius 3 is 2.52 bits per heavy atom. The van der Waals surface area contributed by atoms with Gasteiger partial charge in [0.25, 0.3) is 5.91 Å². The van der Waals surface area contributed by atoms with Crippen LogP contribution < -0.4 is 5.32 Å². The first kappa shape index (κ1) is 15.7. The first-order chi connectivity index (χ1) is 12.0. The molecular weight excluding hydrogens is 328 g/mol. The smallest absolute Gasteiger partial charge is 0.278 e. The predicted molar refractivity (Wildman–Crippen MR) is 88.8 cm³/mol. The van der Waals surface area contributed by atoms with Crippen molar-refractivity contribution in [2.75, 3.05) is 18.9 Å². The van der Waals surface area contributed by atoms with Gasteiger partial charge in [0.1, 0.15) is 11.6 Å². The summed E-state index contributed by atoms with van der Waals surface area (Å²) < 4.78 is 27.4. The number of carbonyl (C=O) groups is 1. The summed E-state index contributed by atoms with van der Waals surface area (Å²) in [4.78, 5) is 14.1. The van der Waals surface area contributed by atoms with Crippen molar-refractivity contribution in [3.05, 3.63) is 52.6 Å². The van der Waals surface area contributed by atoms with E-state index in [1.54, 1.807) is 6.07 Å². The number of nitrogens with zero attached hydrogens (tertiary/aromatic N) is 2. The van der Waals surface area contributed by atoms with E-state index in [1.807, 2.05) is 7.05 Å². The van der Waals surface area contributed by atoms with E-state index in [0.717, 1.165) is 23.7 Å². The lowest BCUT2D eigenvalue weighted by atomic mass is 9.87. The van der Waals surface area contributed by atoms with E-state index in [9.17, 15) is 18.8 Å². The molecule has 25 heavy (non-hydrogen) atoms. The zero-order valence-electron chi connectivity index (χ0n) is 13.4. The summed E-state index contributed by atoms with van der Waals surface area (Å²) >= 11 is 0. The highest BCUT2D eigenvalue weighted by Crippen LogP contribution is 2.40. The Balaban J connectivity index is 2.01. The van der Waals surface area contributed by atoms with Gasteiger partial charge in [-0.2, -0.15) is 0 Å². The predicted octanol–water partition coefficient (Wildman–Crippen LogP) is 2.75. The number of fused-ring (bicyclic) bond motifs is 3. The van der Waals surface area contributed by atoms with Gasteiger partial charge in [0.05, 0.1) is 5.69 Å². The number of amides is 1. The van der Waals surface area contributed by atoms with E-state index in [0.29, 0.717) is 35.3 Å². The third kappa shape index (κ3) is 2.47. The van der Waals surface area contributed by atoms with Gasteiger partial charge in [-0.1, -0.05) is 5.16 Å². The quantitative estimate of drug-likeness (QED) is 0.618. The second kappa shape index (κ2) is 5.63. The van der Waals surface area contributed by atoms with Crippen LogP contribution in [0.5, 0.6) is 0 Å². The van der Waals surface area contributed by atoms with Crippen LogP contribution >= 0.6 is 0 Å². The summed E-state index contributed by atoms with van der Waals surface area (Å²) in [5, 5.41) is 15.0. The molecular formula is C18H15F2N3O2. The molecule has 0 fully saturated rings. The Morgan fingerprint density at radius 2 is 1.84 bits per heavy atom. The van der Waals surface area contributed by atoms with Crippen LogP contribution in [-0.4, -0.2) is 35.3 Å². The van der Waals surface area contributed by atoms with Crippen LogP contribution in [0, 0.1) is 11.6 Å². The maximum absolute atomic E-state index is 13.7. The standard InChI is InChI=1S/C18H15F2N3O2/c1-23-3-2-12-13(9-4-10(19)6-11(20)5-9)7-14-16(15(12)8-23)21-18(24)17(14)22-25/h4-7,25H,2-3,8H2,1H3,(H,21,22,24). The molecule has 0 saturated heterocycles. The minimum absolute atomic E-state index is 0.0934. The molecule has 128 valence electrons. The molecule has 7 heteroatoms. The number of rotatable bonds is 1. The van der Waals surface area contributed by atoms with Crippen molar-refractivity contribution in [2.45, 2.75) is 13.0 Å². The summed E-state index contributed by atoms with van der Waals surface area (Å²) in [5.41, 5.74) is 3.85. The normalized spacial score (nSPS) is 18.2. The zero-order chi connectivity index (χ0) is 17.7. The van der Waals surface area contributed by atoms with Gasteiger partial charge in [-0.05, 0) is 53.9 Å². The van der Waals surface area contributed by atoms with E-state index in [4.69, 9.17) is 0 Å². The zero-order valence-corrected chi connectivity index (χ0v) is 13.4. The SMILES string of the molecule is CN1CCc2c(-c3cc(F)cc(F)c3)cc3c(c2C1)NC(=O)/C3=N\O. The molecule has 5 nitrogen and oxygen atoms in total. The second-order valence-electron chi connectivity index (χ2n) is 6.35. The number of nitrogens with one attached hydrogen (secondary N) is 1. The number of hydrogen-bond acceptors (Lipinski definition) is 4. The van der Waals surface area contributed by atoms with Crippen molar-refractivity contribution in [1.29, 1.82) is 0 Å². The molecule has 4 rings (SSSR count). The number of likely N-dealkylation sites (N-methyl/N-ethyl adjacent to an activating group) is 1. The van der Waals surface area contributed by atoms with E-state index in [2.05, 4.69) is 15.4 Å². The summed E-state index contributed by atoms with van der Waals surface area (Å²) in [6.45, 7) is 1.38. The minimum Gasteiger partial charge on any atom is -0.410 e. The van der Waals surface area contributed by atoms with E-state index in [-0.39, 0.29) is 5.71 Å². The lowest BCUT2D eigenvalue weighted by molar-refractivity contribution is -0.110. The molecule has 0 radical (unpaired) electrons. The van der Waals surface area contributed by atoms with Crippen molar-refractivity contribution >= 4 is 17.3 Å². The topological polar surface area (TPSA) is 64.9 Å². The maximum atomic E-state index is 13.7. The van der Waals surface area contributed by atoms with Gasteiger partial charge in [-0.15, -0.1) is 0 Å². The molecule has 2 aromatic carbocycles. The van der Waals surface area contributed by atoms with Crippen LogP contribution in [0.2, 0.25) is 0 Å². The van der Waals surface area contributed by atoms with Gasteiger partial charge >= 0.3 is 0 Å². The Bertz CT molecular complexity index is 920. The number of benzene rings is 2. The first-order valence-electron chi connectivity index (χ1n) is 7.85.